The van der Waals surface area contributed by atoms with Crippen molar-refractivity contribution in [1.82, 2.24) is 25.1 Å². The van der Waals surface area contributed by atoms with Crippen LogP contribution < -0.4 is 10.2 Å². The molecule has 128 valence electrons. The summed E-state index contributed by atoms with van der Waals surface area (Å²) in [6.07, 6.45) is 5.71. The fourth-order valence-corrected chi connectivity index (χ4v) is 3.44. The SMILES string of the molecule is O=C(C=Cc1cccs1)NCc1nnc2ccc(N3CCCC3)nn12. The molecule has 0 aromatic carbocycles. The molecule has 0 bridgehead atoms. The zero-order valence-corrected chi connectivity index (χ0v) is 14.4. The lowest BCUT2D eigenvalue weighted by Gasteiger charge is -2.15. The molecule has 1 aliphatic heterocycles. The molecule has 0 unspecified atom stereocenters. The first kappa shape index (κ1) is 15.8. The Kier molecular flexibility index (Phi) is 4.43. The largest absolute Gasteiger partial charge is 0.355 e. The van der Waals surface area contributed by atoms with E-state index in [0.717, 1.165) is 23.8 Å². The molecule has 0 aliphatic carbocycles. The van der Waals surface area contributed by atoms with Gasteiger partial charge in [0.15, 0.2) is 11.5 Å². The Balaban J connectivity index is 1.45. The number of carbonyl (C=O) groups is 1. The number of rotatable bonds is 5. The Morgan fingerprint density at radius 2 is 2.12 bits per heavy atom. The molecule has 3 aromatic rings. The minimum Gasteiger partial charge on any atom is -0.355 e. The molecule has 25 heavy (non-hydrogen) atoms. The number of anilines is 1. The molecule has 4 rings (SSSR count). The molecule has 7 nitrogen and oxygen atoms in total. The van der Waals surface area contributed by atoms with Gasteiger partial charge in [-0.3, -0.25) is 4.79 Å². The van der Waals surface area contributed by atoms with Gasteiger partial charge in [-0.1, -0.05) is 6.07 Å². The summed E-state index contributed by atoms with van der Waals surface area (Å²) in [5.74, 6) is 1.38. The minimum atomic E-state index is -0.166. The van der Waals surface area contributed by atoms with Crippen LogP contribution in [0.4, 0.5) is 5.82 Å². The Labute approximate surface area is 149 Å². The van der Waals surface area contributed by atoms with E-state index in [9.17, 15) is 4.79 Å². The molecule has 0 radical (unpaired) electrons. The molecular weight excluding hydrogens is 336 g/mol. The number of nitrogens with one attached hydrogen (secondary N) is 1. The average molecular weight is 354 g/mol. The minimum absolute atomic E-state index is 0.166. The standard InChI is InChI=1S/C17H18N6OS/c24-17(8-5-13-4-3-11-25-13)18-12-16-20-19-14-6-7-15(21-23(14)16)22-9-1-2-10-22/h3-8,11H,1-2,9-10,12H2,(H,18,24). The van der Waals surface area contributed by atoms with E-state index in [1.807, 2.05) is 29.6 Å². The van der Waals surface area contributed by atoms with Crippen LogP contribution in [0, 0.1) is 0 Å². The topological polar surface area (TPSA) is 75.4 Å². The summed E-state index contributed by atoms with van der Waals surface area (Å²) in [7, 11) is 0. The third-order valence-electron chi connectivity index (χ3n) is 4.11. The average Bonchev–Trinajstić information content (AvgIpc) is 3.39. The van der Waals surface area contributed by atoms with Gasteiger partial charge in [0.25, 0.3) is 0 Å². The van der Waals surface area contributed by atoms with E-state index in [0.29, 0.717) is 11.5 Å². The highest BCUT2D eigenvalue weighted by atomic mass is 32.1. The maximum Gasteiger partial charge on any atom is 0.244 e. The number of aromatic nitrogens is 4. The van der Waals surface area contributed by atoms with Gasteiger partial charge in [0.05, 0.1) is 6.54 Å². The van der Waals surface area contributed by atoms with Gasteiger partial charge in [0, 0.05) is 24.0 Å². The van der Waals surface area contributed by atoms with Crippen LogP contribution in [0.15, 0.2) is 35.7 Å². The highest BCUT2D eigenvalue weighted by molar-refractivity contribution is 7.10. The molecule has 3 aromatic heterocycles. The van der Waals surface area contributed by atoms with E-state index in [1.165, 1.54) is 18.9 Å². The van der Waals surface area contributed by atoms with Crippen LogP contribution in [-0.4, -0.2) is 38.8 Å². The molecule has 1 saturated heterocycles. The van der Waals surface area contributed by atoms with Crippen LogP contribution in [0.1, 0.15) is 23.5 Å². The second-order valence-electron chi connectivity index (χ2n) is 5.84. The van der Waals surface area contributed by atoms with Crippen LogP contribution >= 0.6 is 11.3 Å². The summed E-state index contributed by atoms with van der Waals surface area (Å²) >= 11 is 1.59. The fourth-order valence-electron chi connectivity index (χ4n) is 2.82. The predicted octanol–water partition coefficient (Wildman–Crippen LogP) is 2.12. The van der Waals surface area contributed by atoms with E-state index in [1.54, 1.807) is 21.9 Å². The van der Waals surface area contributed by atoms with Crippen molar-refractivity contribution in [2.75, 3.05) is 18.0 Å². The summed E-state index contributed by atoms with van der Waals surface area (Å²) < 4.78 is 1.71. The smallest absolute Gasteiger partial charge is 0.244 e. The van der Waals surface area contributed by atoms with Crippen LogP contribution in [0.5, 0.6) is 0 Å². The summed E-state index contributed by atoms with van der Waals surface area (Å²) in [5, 5.41) is 17.7. The molecule has 0 saturated carbocycles. The number of hydrogen-bond donors (Lipinski definition) is 1. The molecule has 8 heteroatoms. The van der Waals surface area contributed by atoms with Crippen LogP contribution in [0.3, 0.4) is 0 Å². The number of nitrogens with zero attached hydrogens (tertiary/aromatic N) is 5. The summed E-state index contributed by atoms with van der Waals surface area (Å²) in [6, 6.07) is 7.80. The quantitative estimate of drug-likeness (QED) is 0.710. The van der Waals surface area contributed by atoms with Crippen molar-refractivity contribution in [1.29, 1.82) is 0 Å². The molecule has 1 N–H and O–H groups in total. The first-order chi connectivity index (χ1) is 12.3. The lowest BCUT2D eigenvalue weighted by atomic mass is 10.4. The van der Waals surface area contributed by atoms with Crippen molar-refractivity contribution in [3.63, 3.8) is 0 Å². The molecule has 1 aliphatic rings. The van der Waals surface area contributed by atoms with Crippen LogP contribution in [0.2, 0.25) is 0 Å². The summed E-state index contributed by atoms with van der Waals surface area (Å²) in [6.45, 7) is 2.34. The molecule has 0 atom stereocenters. The number of hydrogen-bond acceptors (Lipinski definition) is 6. The molecular formula is C17H18N6OS. The van der Waals surface area contributed by atoms with Gasteiger partial charge in [0.2, 0.25) is 5.91 Å². The first-order valence-electron chi connectivity index (χ1n) is 8.25. The number of fused-ring (bicyclic) bond motifs is 1. The van der Waals surface area contributed by atoms with Crippen LogP contribution in [0.25, 0.3) is 11.7 Å². The van der Waals surface area contributed by atoms with Gasteiger partial charge in [-0.2, -0.15) is 4.52 Å². The van der Waals surface area contributed by atoms with Crippen molar-refractivity contribution < 1.29 is 4.79 Å². The lowest BCUT2D eigenvalue weighted by molar-refractivity contribution is -0.116. The molecule has 4 heterocycles. The third-order valence-corrected chi connectivity index (χ3v) is 4.94. The normalized spacial score (nSPS) is 14.6. The van der Waals surface area contributed by atoms with Crippen molar-refractivity contribution in [2.24, 2.45) is 0 Å². The maximum absolute atomic E-state index is 12.0. The van der Waals surface area contributed by atoms with Crippen molar-refractivity contribution >= 4 is 34.8 Å². The van der Waals surface area contributed by atoms with Gasteiger partial charge >= 0.3 is 0 Å². The predicted molar refractivity (Wildman–Crippen MR) is 97.4 cm³/mol. The van der Waals surface area contributed by atoms with E-state index >= 15 is 0 Å². The van der Waals surface area contributed by atoms with E-state index in [-0.39, 0.29) is 12.5 Å². The van der Waals surface area contributed by atoms with Gasteiger partial charge < -0.3 is 10.2 Å². The number of carbonyl (C=O) groups excluding carboxylic acids is 1. The highest BCUT2D eigenvalue weighted by Gasteiger charge is 2.15. The Morgan fingerprint density at radius 3 is 2.92 bits per heavy atom. The van der Waals surface area contributed by atoms with Crippen molar-refractivity contribution in [2.45, 2.75) is 19.4 Å². The third kappa shape index (κ3) is 3.53. The van der Waals surface area contributed by atoms with Gasteiger partial charge in [-0.25, -0.2) is 0 Å². The van der Waals surface area contributed by atoms with Gasteiger partial charge in [0.1, 0.15) is 5.82 Å². The van der Waals surface area contributed by atoms with E-state index in [4.69, 9.17) is 0 Å². The van der Waals surface area contributed by atoms with Gasteiger partial charge in [-0.15, -0.1) is 26.6 Å². The van der Waals surface area contributed by atoms with Crippen LogP contribution in [-0.2, 0) is 11.3 Å². The molecule has 1 fully saturated rings. The second kappa shape index (κ2) is 7.02. The van der Waals surface area contributed by atoms with Gasteiger partial charge in [-0.05, 0) is 42.5 Å². The number of thiophene rings is 1. The van der Waals surface area contributed by atoms with Crippen molar-refractivity contribution in [3.8, 4) is 0 Å². The first-order valence-corrected chi connectivity index (χ1v) is 9.13. The van der Waals surface area contributed by atoms with E-state index < -0.39 is 0 Å². The monoisotopic (exact) mass is 354 g/mol. The second-order valence-corrected chi connectivity index (χ2v) is 6.82. The maximum atomic E-state index is 12.0. The lowest BCUT2D eigenvalue weighted by Crippen LogP contribution is -2.23. The van der Waals surface area contributed by atoms with Crippen molar-refractivity contribution in [3.05, 3.63) is 46.4 Å². The molecule has 0 spiro atoms. The fraction of sp³-hybridized carbons (Fsp3) is 0.294. The Morgan fingerprint density at radius 1 is 1.24 bits per heavy atom. The zero-order chi connectivity index (χ0) is 17.1. The Bertz CT molecular complexity index is 895. The van der Waals surface area contributed by atoms with E-state index in [2.05, 4.69) is 25.5 Å². The summed E-state index contributed by atoms with van der Waals surface area (Å²) in [4.78, 5) is 15.3. The number of amides is 1. The molecule has 1 amide bonds. The highest BCUT2D eigenvalue weighted by Crippen LogP contribution is 2.18. The Hall–Kier alpha value is -2.74. The summed E-state index contributed by atoms with van der Waals surface area (Å²) in [5.41, 5.74) is 0.682. The zero-order valence-electron chi connectivity index (χ0n) is 13.6.